The van der Waals surface area contributed by atoms with E-state index in [0.29, 0.717) is 13.0 Å². The van der Waals surface area contributed by atoms with Crippen molar-refractivity contribution in [1.29, 1.82) is 0 Å². The van der Waals surface area contributed by atoms with Crippen molar-refractivity contribution >= 4 is 0 Å². The lowest BCUT2D eigenvalue weighted by Gasteiger charge is -2.16. The highest BCUT2D eigenvalue weighted by atomic mass is 16.5. The number of hydrogen-bond donors (Lipinski definition) is 1. The van der Waals surface area contributed by atoms with Crippen LogP contribution in [0.4, 0.5) is 0 Å². The Morgan fingerprint density at radius 2 is 2.36 bits per heavy atom. The Kier molecular flexibility index (Phi) is 4.03. The van der Waals surface area contributed by atoms with E-state index in [0.717, 1.165) is 5.69 Å². The predicted octanol–water partition coefficient (Wildman–Crippen LogP) is 0.001000. The van der Waals surface area contributed by atoms with Crippen molar-refractivity contribution in [2.75, 3.05) is 13.7 Å². The van der Waals surface area contributed by atoms with E-state index >= 15 is 0 Å². The highest BCUT2D eigenvalue weighted by Gasteiger charge is 2.15. The Morgan fingerprint density at radius 1 is 1.64 bits per heavy atom. The molecule has 0 aromatic carbocycles. The number of hydrogen-bond acceptors (Lipinski definition) is 4. The number of aromatic nitrogens is 3. The second-order valence-electron chi connectivity index (χ2n) is 3.59. The highest BCUT2D eigenvalue weighted by molar-refractivity contribution is 4.94. The molecule has 5 heteroatoms. The summed E-state index contributed by atoms with van der Waals surface area (Å²) in [4.78, 5) is 0. The Hall–Kier alpha value is -0.940. The average molecular weight is 199 g/mol. The van der Waals surface area contributed by atoms with Crippen molar-refractivity contribution in [2.24, 2.45) is 13.0 Å². The third-order valence-corrected chi connectivity index (χ3v) is 2.15. The fourth-order valence-corrected chi connectivity index (χ4v) is 1.28. The van der Waals surface area contributed by atoms with Crippen LogP contribution < -0.4 is 0 Å². The topological polar surface area (TPSA) is 60.2 Å². The SMILES string of the molecule is COCC(C)C(O)Cc1cn(C)nn1. The minimum Gasteiger partial charge on any atom is -0.392 e. The van der Waals surface area contributed by atoms with Gasteiger partial charge in [0.25, 0.3) is 0 Å². The lowest BCUT2D eigenvalue weighted by Crippen LogP contribution is -2.24. The second kappa shape index (κ2) is 5.07. The maximum absolute atomic E-state index is 9.75. The zero-order valence-electron chi connectivity index (χ0n) is 8.84. The smallest absolute Gasteiger partial charge is 0.0852 e. The van der Waals surface area contributed by atoms with Crippen LogP contribution in [0.5, 0.6) is 0 Å². The number of nitrogens with zero attached hydrogens (tertiary/aromatic N) is 3. The summed E-state index contributed by atoms with van der Waals surface area (Å²) < 4.78 is 6.59. The van der Waals surface area contributed by atoms with Crippen molar-refractivity contribution in [1.82, 2.24) is 15.0 Å². The molecule has 1 N–H and O–H groups in total. The van der Waals surface area contributed by atoms with Gasteiger partial charge in [0.05, 0.1) is 18.4 Å². The van der Waals surface area contributed by atoms with Crippen molar-refractivity contribution in [3.05, 3.63) is 11.9 Å². The maximum Gasteiger partial charge on any atom is 0.0852 e. The predicted molar refractivity (Wildman–Crippen MR) is 51.8 cm³/mol. The molecule has 14 heavy (non-hydrogen) atoms. The van der Waals surface area contributed by atoms with Crippen LogP contribution in [0.3, 0.4) is 0 Å². The van der Waals surface area contributed by atoms with Crippen molar-refractivity contribution in [3.8, 4) is 0 Å². The van der Waals surface area contributed by atoms with Crippen molar-refractivity contribution < 1.29 is 9.84 Å². The van der Waals surface area contributed by atoms with Crippen LogP contribution in [0, 0.1) is 5.92 Å². The fourth-order valence-electron chi connectivity index (χ4n) is 1.28. The van der Waals surface area contributed by atoms with Gasteiger partial charge in [-0.3, -0.25) is 4.68 Å². The average Bonchev–Trinajstić information content (AvgIpc) is 2.51. The lowest BCUT2D eigenvalue weighted by molar-refractivity contribution is 0.0569. The molecule has 0 fully saturated rings. The maximum atomic E-state index is 9.75. The minimum atomic E-state index is -0.424. The van der Waals surface area contributed by atoms with Crippen molar-refractivity contribution in [3.63, 3.8) is 0 Å². The third-order valence-electron chi connectivity index (χ3n) is 2.15. The van der Waals surface area contributed by atoms with Gasteiger partial charge in [-0.05, 0) is 0 Å². The van der Waals surface area contributed by atoms with E-state index < -0.39 is 6.10 Å². The highest BCUT2D eigenvalue weighted by Crippen LogP contribution is 2.08. The molecule has 0 saturated carbocycles. The number of aliphatic hydroxyl groups is 1. The zero-order chi connectivity index (χ0) is 10.6. The van der Waals surface area contributed by atoms with Crippen molar-refractivity contribution in [2.45, 2.75) is 19.4 Å². The molecule has 1 aromatic rings. The Balaban J connectivity index is 2.43. The van der Waals surface area contributed by atoms with E-state index in [4.69, 9.17) is 4.74 Å². The summed E-state index contributed by atoms with van der Waals surface area (Å²) in [5.74, 6) is 0.113. The molecule has 0 bridgehead atoms. The Labute approximate surface area is 83.7 Å². The van der Waals surface area contributed by atoms with Crippen LogP contribution >= 0.6 is 0 Å². The minimum absolute atomic E-state index is 0.113. The summed E-state index contributed by atoms with van der Waals surface area (Å²) in [5, 5.41) is 17.5. The van der Waals surface area contributed by atoms with Gasteiger partial charge in [-0.15, -0.1) is 5.10 Å². The van der Waals surface area contributed by atoms with E-state index in [1.165, 1.54) is 0 Å². The van der Waals surface area contributed by atoms with Crippen LogP contribution in [0.25, 0.3) is 0 Å². The molecule has 2 atom stereocenters. The number of ether oxygens (including phenoxy) is 1. The number of methoxy groups -OCH3 is 1. The van der Waals surface area contributed by atoms with Gasteiger partial charge in [0.1, 0.15) is 0 Å². The molecule has 1 rings (SSSR count). The number of aliphatic hydroxyl groups excluding tert-OH is 1. The molecule has 0 aliphatic rings. The first kappa shape index (κ1) is 11.1. The van der Waals surface area contributed by atoms with Gasteiger partial charge in [-0.25, -0.2) is 0 Å². The molecule has 1 aromatic heterocycles. The van der Waals surface area contributed by atoms with Gasteiger partial charge in [-0.2, -0.15) is 0 Å². The molecule has 1 heterocycles. The van der Waals surface area contributed by atoms with Crippen LogP contribution in [-0.4, -0.2) is 39.9 Å². The third kappa shape index (κ3) is 3.08. The van der Waals surface area contributed by atoms with E-state index in [-0.39, 0.29) is 5.92 Å². The van der Waals surface area contributed by atoms with Crippen LogP contribution in [0.2, 0.25) is 0 Å². The number of aryl methyl sites for hydroxylation is 1. The van der Waals surface area contributed by atoms with Gasteiger partial charge in [-0.1, -0.05) is 12.1 Å². The monoisotopic (exact) mass is 199 g/mol. The molecule has 0 amide bonds. The van der Waals surface area contributed by atoms with Gasteiger partial charge in [0.15, 0.2) is 0 Å². The molecule has 0 spiro atoms. The van der Waals surface area contributed by atoms with Crippen LogP contribution in [0.15, 0.2) is 6.20 Å². The first-order chi connectivity index (χ1) is 6.63. The standard InChI is InChI=1S/C9H17N3O2/c1-7(6-14-3)9(13)4-8-5-12(2)11-10-8/h5,7,9,13H,4,6H2,1-3H3. The summed E-state index contributed by atoms with van der Waals surface area (Å²) >= 11 is 0. The molecule has 0 aliphatic carbocycles. The first-order valence-corrected chi connectivity index (χ1v) is 4.65. The van der Waals surface area contributed by atoms with Gasteiger partial charge in [0.2, 0.25) is 0 Å². The Bertz CT molecular complexity index is 275. The summed E-state index contributed by atoms with van der Waals surface area (Å²) in [6, 6.07) is 0. The van der Waals surface area contributed by atoms with Gasteiger partial charge in [0, 0.05) is 32.7 Å². The molecule has 0 radical (unpaired) electrons. The lowest BCUT2D eigenvalue weighted by atomic mass is 10.0. The molecule has 2 unspecified atom stereocenters. The molecular weight excluding hydrogens is 182 g/mol. The number of rotatable bonds is 5. The molecular formula is C9H17N3O2. The van der Waals surface area contributed by atoms with E-state index in [1.54, 1.807) is 11.8 Å². The van der Waals surface area contributed by atoms with Gasteiger partial charge < -0.3 is 9.84 Å². The molecule has 5 nitrogen and oxygen atoms in total. The van der Waals surface area contributed by atoms with Crippen LogP contribution in [0.1, 0.15) is 12.6 Å². The van der Waals surface area contributed by atoms with E-state index in [1.807, 2.05) is 20.2 Å². The summed E-state index contributed by atoms with van der Waals surface area (Å²) in [6.07, 6.45) is 1.91. The summed E-state index contributed by atoms with van der Waals surface area (Å²) in [7, 11) is 3.44. The second-order valence-corrected chi connectivity index (χ2v) is 3.59. The molecule has 0 aliphatic heterocycles. The Morgan fingerprint density at radius 3 is 2.86 bits per heavy atom. The normalized spacial score (nSPS) is 15.4. The van der Waals surface area contributed by atoms with Gasteiger partial charge >= 0.3 is 0 Å². The largest absolute Gasteiger partial charge is 0.392 e. The van der Waals surface area contributed by atoms with Crippen LogP contribution in [-0.2, 0) is 18.2 Å². The zero-order valence-corrected chi connectivity index (χ0v) is 8.84. The quantitative estimate of drug-likeness (QED) is 0.725. The summed E-state index contributed by atoms with van der Waals surface area (Å²) in [6.45, 7) is 2.51. The molecule has 0 saturated heterocycles. The van der Waals surface area contributed by atoms with E-state index in [9.17, 15) is 5.11 Å². The van der Waals surface area contributed by atoms with E-state index in [2.05, 4.69) is 10.3 Å². The summed E-state index contributed by atoms with van der Waals surface area (Å²) in [5.41, 5.74) is 0.808. The fraction of sp³-hybridized carbons (Fsp3) is 0.778. The molecule has 80 valence electrons. The first-order valence-electron chi connectivity index (χ1n) is 4.65.